The van der Waals surface area contributed by atoms with E-state index in [-0.39, 0.29) is 23.7 Å². The van der Waals surface area contributed by atoms with Crippen LogP contribution in [-0.4, -0.2) is 45.6 Å². The van der Waals surface area contributed by atoms with E-state index in [1.54, 1.807) is 16.8 Å². The molecule has 3 aliphatic rings. The SMILES string of the molecule is O=C(NC1CCN(C(=O)C2CCCCC2)CC1)c1nn(-c2ccc(F)cc2)c2c1CCC2. The number of hydrogen-bond donors (Lipinski definition) is 1. The number of carbonyl (C=O) groups is 2. The van der Waals surface area contributed by atoms with Gasteiger partial charge in [0.1, 0.15) is 5.82 Å². The Morgan fingerprint density at radius 1 is 0.938 bits per heavy atom. The Hall–Kier alpha value is -2.70. The van der Waals surface area contributed by atoms with Crippen LogP contribution in [0, 0.1) is 11.7 Å². The summed E-state index contributed by atoms with van der Waals surface area (Å²) in [7, 11) is 0. The first-order valence-electron chi connectivity index (χ1n) is 12.1. The third-order valence-corrected chi connectivity index (χ3v) is 7.31. The minimum absolute atomic E-state index is 0.0610. The van der Waals surface area contributed by atoms with E-state index in [4.69, 9.17) is 0 Å². The molecule has 0 bridgehead atoms. The molecule has 7 heteroatoms. The molecule has 0 atom stereocenters. The normalized spacial score (nSPS) is 19.7. The molecule has 5 rings (SSSR count). The highest BCUT2D eigenvalue weighted by molar-refractivity contribution is 5.94. The average molecular weight is 439 g/mol. The Kier molecular flexibility index (Phi) is 5.98. The molecule has 0 spiro atoms. The van der Waals surface area contributed by atoms with Gasteiger partial charge in [0.05, 0.1) is 5.69 Å². The summed E-state index contributed by atoms with van der Waals surface area (Å²) in [4.78, 5) is 27.9. The number of benzene rings is 1. The van der Waals surface area contributed by atoms with Crippen LogP contribution in [0.1, 0.15) is 73.1 Å². The fourth-order valence-corrected chi connectivity index (χ4v) is 5.52. The largest absolute Gasteiger partial charge is 0.348 e. The number of nitrogens with one attached hydrogen (secondary N) is 1. The van der Waals surface area contributed by atoms with Crippen LogP contribution in [0.15, 0.2) is 24.3 Å². The third-order valence-electron chi connectivity index (χ3n) is 7.31. The Balaban J connectivity index is 1.23. The van der Waals surface area contributed by atoms with Crippen LogP contribution in [0.2, 0.25) is 0 Å². The van der Waals surface area contributed by atoms with Gasteiger partial charge in [-0.3, -0.25) is 9.59 Å². The monoisotopic (exact) mass is 438 g/mol. The van der Waals surface area contributed by atoms with Crippen LogP contribution in [-0.2, 0) is 17.6 Å². The standard InChI is InChI=1S/C25H31FN4O2/c26-18-9-11-20(12-10-18)30-22-8-4-7-21(22)23(28-30)24(31)27-19-13-15-29(16-14-19)25(32)17-5-2-1-3-6-17/h9-12,17,19H,1-8,13-16H2,(H,27,31). The molecule has 1 saturated carbocycles. The van der Waals surface area contributed by atoms with E-state index < -0.39 is 0 Å². The number of rotatable bonds is 4. The van der Waals surface area contributed by atoms with Gasteiger partial charge in [0.2, 0.25) is 5.91 Å². The molecule has 1 saturated heterocycles. The molecular weight excluding hydrogens is 407 g/mol. The van der Waals surface area contributed by atoms with Crippen LogP contribution in [0.4, 0.5) is 4.39 Å². The zero-order valence-corrected chi connectivity index (χ0v) is 18.5. The molecule has 1 aliphatic heterocycles. The third kappa shape index (κ3) is 4.17. The van der Waals surface area contributed by atoms with Crippen LogP contribution < -0.4 is 5.32 Å². The Bertz CT molecular complexity index is 986. The van der Waals surface area contributed by atoms with Gasteiger partial charge in [-0.05, 0) is 69.2 Å². The predicted octanol–water partition coefficient (Wildman–Crippen LogP) is 3.80. The van der Waals surface area contributed by atoms with Gasteiger partial charge in [0, 0.05) is 36.3 Å². The van der Waals surface area contributed by atoms with Crippen LogP contribution in [0.3, 0.4) is 0 Å². The van der Waals surface area contributed by atoms with Gasteiger partial charge < -0.3 is 10.2 Å². The molecule has 0 unspecified atom stereocenters. The molecule has 2 heterocycles. The first-order chi connectivity index (χ1) is 15.6. The highest BCUT2D eigenvalue weighted by Gasteiger charge is 2.31. The van der Waals surface area contributed by atoms with E-state index in [0.29, 0.717) is 24.7 Å². The molecular formula is C25H31FN4O2. The molecule has 1 aromatic heterocycles. The van der Waals surface area contributed by atoms with Gasteiger partial charge in [0.25, 0.3) is 5.91 Å². The highest BCUT2D eigenvalue weighted by Crippen LogP contribution is 2.29. The predicted molar refractivity (Wildman–Crippen MR) is 119 cm³/mol. The average Bonchev–Trinajstić information content (AvgIpc) is 3.43. The number of piperidine rings is 1. The molecule has 170 valence electrons. The number of amides is 2. The van der Waals surface area contributed by atoms with Crippen molar-refractivity contribution < 1.29 is 14.0 Å². The van der Waals surface area contributed by atoms with E-state index in [1.807, 2.05) is 4.90 Å². The van der Waals surface area contributed by atoms with Crippen molar-refractivity contribution in [1.82, 2.24) is 20.0 Å². The molecule has 2 aromatic rings. The van der Waals surface area contributed by atoms with Gasteiger partial charge in [-0.25, -0.2) is 9.07 Å². The summed E-state index contributed by atoms with van der Waals surface area (Å²) in [5.74, 6) is 0.0862. The summed E-state index contributed by atoms with van der Waals surface area (Å²) < 4.78 is 15.1. The number of carbonyl (C=O) groups excluding carboxylic acids is 2. The van der Waals surface area contributed by atoms with E-state index in [2.05, 4.69) is 10.4 Å². The first-order valence-corrected chi connectivity index (χ1v) is 12.1. The molecule has 0 radical (unpaired) electrons. The number of aromatic nitrogens is 2. The van der Waals surface area contributed by atoms with Crippen molar-refractivity contribution in [1.29, 1.82) is 0 Å². The topological polar surface area (TPSA) is 67.2 Å². The zero-order chi connectivity index (χ0) is 22.1. The lowest BCUT2D eigenvalue weighted by molar-refractivity contribution is -0.137. The zero-order valence-electron chi connectivity index (χ0n) is 18.5. The van der Waals surface area contributed by atoms with Crippen LogP contribution >= 0.6 is 0 Å². The maximum Gasteiger partial charge on any atom is 0.272 e. The fraction of sp³-hybridized carbons (Fsp3) is 0.560. The summed E-state index contributed by atoms with van der Waals surface area (Å²) in [5.41, 5.74) is 3.33. The minimum atomic E-state index is -0.288. The number of hydrogen-bond acceptors (Lipinski definition) is 3. The Morgan fingerprint density at radius 2 is 1.66 bits per heavy atom. The van der Waals surface area contributed by atoms with Gasteiger partial charge in [-0.2, -0.15) is 5.10 Å². The number of nitrogens with zero attached hydrogens (tertiary/aromatic N) is 3. The van der Waals surface area contributed by atoms with Crippen molar-refractivity contribution in [2.45, 2.75) is 70.3 Å². The van der Waals surface area contributed by atoms with E-state index in [9.17, 15) is 14.0 Å². The minimum Gasteiger partial charge on any atom is -0.348 e. The lowest BCUT2D eigenvalue weighted by Gasteiger charge is -2.35. The summed E-state index contributed by atoms with van der Waals surface area (Å²) >= 11 is 0. The summed E-state index contributed by atoms with van der Waals surface area (Å²) in [6.45, 7) is 1.42. The Labute approximate surface area is 188 Å². The van der Waals surface area contributed by atoms with Crippen molar-refractivity contribution in [3.05, 3.63) is 47.0 Å². The second kappa shape index (κ2) is 9.04. The molecule has 2 aliphatic carbocycles. The quantitative estimate of drug-likeness (QED) is 0.790. The van der Waals surface area contributed by atoms with E-state index in [1.165, 1.54) is 18.6 Å². The van der Waals surface area contributed by atoms with Crippen LogP contribution in [0.5, 0.6) is 0 Å². The lowest BCUT2D eigenvalue weighted by Crippen LogP contribution is -2.48. The molecule has 32 heavy (non-hydrogen) atoms. The Morgan fingerprint density at radius 3 is 2.38 bits per heavy atom. The summed E-state index contributed by atoms with van der Waals surface area (Å²) in [6, 6.07) is 6.29. The number of halogens is 1. The smallest absolute Gasteiger partial charge is 0.272 e. The second-order valence-corrected chi connectivity index (χ2v) is 9.42. The van der Waals surface area contributed by atoms with Gasteiger partial charge >= 0.3 is 0 Å². The van der Waals surface area contributed by atoms with Crippen molar-refractivity contribution in [3.63, 3.8) is 0 Å². The second-order valence-electron chi connectivity index (χ2n) is 9.42. The van der Waals surface area contributed by atoms with Gasteiger partial charge in [-0.1, -0.05) is 19.3 Å². The molecule has 2 fully saturated rings. The van der Waals surface area contributed by atoms with Gasteiger partial charge in [-0.15, -0.1) is 0 Å². The molecule has 6 nitrogen and oxygen atoms in total. The maximum atomic E-state index is 13.3. The van der Waals surface area contributed by atoms with Crippen molar-refractivity contribution in [2.24, 2.45) is 5.92 Å². The van der Waals surface area contributed by atoms with Crippen molar-refractivity contribution >= 4 is 11.8 Å². The van der Waals surface area contributed by atoms with Gasteiger partial charge in [0.15, 0.2) is 5.69 Å². The maximum absolute atomic E-state index is 13.3. The fourth-order valence-electron chi connectivity index (χ4n) is 5.52. The van der Waals surface area contributed by atoms with Crippen LogP contribution in [0.25, 0.3) is 5.69 Å². The molecule has 2 amide bonds. The molecule has 1 aromatic carbocycles. The van der Waals surface area contributed by atoms with E-state index >= 15 is 0 Å². The number of fused-ring (bicyclic) bond motifs is 1. The lowest BCUT2D eigenvalue weighted by atomic mass is 9.87. The van der Waals surface area contributed by atoms with Crippen molar-refractivity contribution in [3.8, 4) is 5.69 Å². The van der Waals surface area contributed by atoms with E-state index in [0.717, 1.165) is 74.7 Å². The van der Waals surface area contributed by atoms with Crippen molar-refractivity contribution in [2.75, 3.05) is 13.1 Å². The summed E-state index contributed by atoms with van der Waals surface area (Å²) in [6.07, 6.45) is 9.90. The number of likely N-dealkylation sites (tertiary alicyclic amines) is 1. The highest BCUT2D eigenvalue weighted by atomic mass is 19.1. The first kappa shape index (κ1) is 21.2. The summed E-state index contributed by atoms with van der Waals surface area (Å²) in [5, 5.41) is 7.78. The molecule has 1 N–H and O–H groups in total.